The summed E-state index contributed by atoms with van der Waals surface area (Å²) in [6.07, 6.45) is 6.93. The first-order valence-corrected chi connectivity index (χ1v) is 6.64. The molecule has 0 radical (unpaired) electrons. The van der Waals surface area contributed by atoms with Crippen molar-refractivity contribution in [2.45, 2.75) is 39.8 Å². The third-order valence-corrected chi connectivity index (χ3v) is 2.88. The normalized spacial score (nSPS) is 11.6. The van der Waals surface area contributed by atoms with Crippen LogP contribution in [0.15, 0.2) is 18.7 Å². The lowest BCUT2D eigenvalue weighted by molar-refractivity contribution is 0.275. The Labute approximate surface area is 105 Å². The Balaban J connectivity index is 2.09. The molecule has 0 fully saturated rings. The first-order chi connectivity index (χ1) is 8.22. The van der Waals surface area contributed by atoms with Gasteiger partial charge in [0.1, 0.15) is 0 Å². The van der Waals surface area contributed by atoms with E-state index in [1.807, 2.05) is 18.7 Å². The molecule has 0 unspecified atom stereocenters. The van der Waals surface area contributed by atoms with Gasteiger partial charge in [-0.15, -0.1) is 0 Å². The van der Waals surface area contributed by atoms with Gasteiger partial charge in [0.2, 0.25) is 0 Å². The standard InChI is InChI=1S/C13H26N4/c1-4-16(11-7-15-13(2)3)8-5-9-17-10-6-14-12-17/h6,10,12-13,15H,4-5,7-9,11H2,1-3H3. The van der Waals surface area contributed by atoms with Crippen LogP contribution in [0.3, 0.4) is 0 Å². The summed E-state index contributed by atoms with van der Waals surface area (Å²) in [6.45, 7) is 12.2. The van der Waals surface area contributed by atoms with Crippen LogP contribution in [0.1, 0.15) is 27.2 Å². The Bertz CT molecular complexity index is 269. The molecule has 0 saturated carbocycles. The molecule has 17 heavy (non-hydrogen) atoms. The maximum Gasteiger partial charge on any atom is 0.0945 e. The van der Waals surface area contributed by atoms with Crippen LogP contribution in [0.5, 0.6) is 0 Å². The van der Waals surface area contributed by atoms with E-state index in [9.17, 15) is 0 Å². The smallest absolute Gasteiger partial charge is 0.0945 e. The van der Waals surface area contributed by atoms with Crippen LogP contribution in [0.2, 0.25) is 0 Å². The predicted molar refractivity (Wildman–Crippen MR) is 72.1 cm³/mol. The van der Waals surface area contributed by atoms with Gasteiger partial charge in [-0.2, -0.15) is 0 Å². The van der Waals surface area contributed by atoms with Gasteiger partial charge in [0, 0.05) is 38.1 Å². The van der Waals surface area contributed by atoms with Crippen LogP contribution in [0.4, 0.5) is 0 Å². The molecule has 4 nitrogen and oxygen atoms in total. The summed E-state index contributed by atoms with van der Waals surface area (Å²) >= 11 is 0. The Morgan fingerprint density at radius 1 is 1.35 bits per heavy atom. The van der Waals surface area contributed by atoms with E-state index >= 15 is 0 Å². The summed E-state index contributed by atoms with van der Waals surface area (Å²) in [5, 5.41) is 3.46. The molecule has 4 heteroatoms. The third kappa shape index (κ3) is 6.44. The first kappa shape index (κ1) is 14.2. The predicted octanol–water partition coefficient (Wildman–Crippen LogP) is 1.59. The van der Waals surface area contributed by atoms with Crippen LogP contribution in [-0.2, 0) is 6.54 Å². The molecule has 0 aliphatic rings. The number of aromatic nitrogens is 2. The number of hydrogen-bond acceptors (Lipinski definition) is 3. The Morgan fingerprint density at radius 2 is 2.18 bits per heavy atom. The van der Waals surface area contributed by atoms with Crippen molar-refractivity contribution in [1.82, 2.24) is 19.8 Å². The lowest BCUT2D eigenvalue weighted by atomic mass is 10.3. The number of nitrogens with one attached hydrogen (secondary N) is 1. The van der Waals surface area contributed by atoms with Crippen molar-refractivity contribution in [2.24, 2.45) is 0 Å². The number of likely N-dealkylation sites (N-methyl/N-ethyl adjacent to an activating group) is 1. The number of nitrogens with zero attached hydrogens (tertiary/aromatic N) is 3. The molecule has 0 aromatic carbocycles. The van der Waals surface area contributed by atoms with Gasteiger partial charge >= 0.3 is 0 Å². The van der Waals surface area contributed by atoms with Crippen molar-refractivity contribution in [3.8, 4) is 0 Å². The fraction of sp³-hybridized carbons (Fsp3) is 0.769. The van der Waals surface area contributed by atoms with E-state index in [1.54, 1.807) is 0 Å². The summed E-state index contributed by atoms with van der Waals surface area (Å²) in [5.74, 6) is 0. The van der Waals surface area contributed by atoms with Gasteiger partial charge in [0.05, 0.1) is 6.33 Å². The van der Waals surface area contributed by atoms with E-state index in [4.69, 9.17) is 0 Å². The van der Waals surface area contributed by atoms with Crippen LogP contribution in [0, 0.1) is 0 Å². The molecule has 1 heterocycles. The summed E-state index contributed by atoms with van der Waals surface area (Å²) in [4.78, 5) is 6.54. The van der Waals surface area contributed by atoms with E-state index in [2.05, 4.69) is 40.5 Å². The van der Waals surface area contributed by atoms with Crippen molar-refractivity contribution < 1.29 is 0 Å². The van der Waals surface area contributed by atoms with Crippen molar-refractivity contribution >= 4 is 0 Å². The lowest BCUT2D eigenvalue weighted by Crippen LogP contribution is -2.35. The van der Waals surface area contributed by atoms with Crippen molar-refractivity contribution in [3.05, 3.63) is 18.7 Å². The van der Waals surface area contributed by atoms with Crippen molar-refractivity contribution in [2.75, 3.05) is 26.2 Å². The highest BCUT2D eigenvalue weighted by molar-refractivity contribution is 4.74. The van der Waals surface area contributed by atoms with Crippen LogP contribution >= 0.6 is 0 Å². The molecule has 0 atom stereocenters. The van der Waals surface area contributed by atoms with Gasteiger partial charge in [0.15, 0.2) is 0 Å². The zero-order valence-electron chi connectivity index (χ0n) is 11.4. The highest BCUT2D eigenvalue weighted by Gasteiger charge is 2.02. The molecule has 1 N–H and O–H groups in total. The minimum Gasteiger partial charge on any atom is -0.337 e. The van der Waals surface area contributed by atoms with Gasteiger partial charge in [-0.25, -0.2) is 4.98 Å². The molecule has 0 aliphatic carbocycles. The SMILES string of the molecule is CCN(CCCn1ccnc1)CCNC(C)C. The number of aryl methyl sites for hydroxylation is 1. The Kier molecular flexibility index (Phi) is 6.89. The molecule has 98 valence electrons. The van der Waals surface area contributed by atoms with Crippen LogP contribution in [-0.4, -0.2) is 46.7 Å². The quantitative estimate of drug-likeness (QED) is 0.709. The molecule has 0 bridgehead atoms. The van der Waals surface area contributed by atoms with Gasteiger partial charge in [0.25, 0.3) is 0 Å². The minimum atomic E-state index is 0.583. The number of hydrogen-bond donors (Lipinski definition) is 1. The van der Waals surface area contributed by atoms with E-state index in [-0.39, 0.29) is 0 Å². The van der Waals surface area contributed by atoms with Crippen molar-refractivity contribution in [3.63, 3.8) is 0 Å². The lowest BCUT2D eigenvalue weighted by Gasteiger charge is -2.21. The van der Waals surface area contributed by atoms with E-state index in [0.29, 0.717) is 6.04 Å². The van der Waals surface area contributed by atoms with E-state index < -0.39 is 0 Å². The van der Waals surface area contributed by atoms with Crippen LogP contribution < -0.4 is 5.32 Å². The molecular weight excluding hydrogens is 212 g/mol. The second kappa shape index (κ2) is 8.25. The molecule has 0 saturated heterocycles. The highest BCUT2D eigenvalue weighted by atomic mass is 15.1. The maximum atomic E-state index is 4.05. The molecule has 1 aromatic rings. The molecule has 1 rings (SSSR count). The second-order valence-electron chi connectivity index (χ2n) is 4.70. The summed E-state index contributed by atoms with van der Waals surface area (Å²) in [7, 11) is 0. The van der Waals surface area contributed by atoms with Gasteiger partial charge in [-0.3, -0.25) is 0 Å². The first-order valence-electron chi connectivity index (χ1n) is 6.64. The zero-order chi connectivity index (χ0) is 12.5. The fourth-order valence-electron chi connectivity index (χ4n) is 1.84. The van der Waals surface area contributed by atoms with E-state index in [0.717, 1.165) is 32.7 Å². The average molecular weight is 238 g/mol. The Hall–Kier alpha value is -0.870. The van der Waals surface area contributed by atoms with Crippen molar-refractivity contribution in [1.29, 1.82) is 0 Å². The molecule has 1 aromatic heterocycles. The topological polar surface area (TPSA) is 33.1 Å². The average Bonchev–Trinajstić information content (AvgIpc) is 2.79. The molecule has 0 spiro atoms. The number of rotatable bonds is 9. The molecular formula is C13H26N4. The fourth-order valence-corrected chi connectivity index (χ4v) is 1.84. The van der Waals surface area contributed by atoms with Gasteiger partial charge in [-0.05, 0) is 19.5 Å². The number of imidazole rings is 1. The Morgan fingerprint density at radius 3 is 2.76 bits per heavy atom. The highest BCUT2D eigenvalue weighted by Crippen LogP contribution is 1.95. The van der Waals surface area contributed by atoms with E-state index in [1.165, 1.54) is 6.42 Å². The monoisotopic (exact) mass is 238 g/mol. The van der Waals surface area contributed by atoms with Crippen LogP contribution in [0.25, 0.3) is 0 Å². The van der Waals surface area contributed by atoms with Gasteiger partial charge in [-0.1, -0.05) is 20.8 Å². The second-order valence-corrected chi connectivity index (χ2v) is 4.70. The third-order valence-electron chi connectivity index (χ3n) is 2.88. The zero-order valence-corrected chi connectivity index (χ0v) is 11.4. The largest absolute Gasteiger partial charge is 0.337 e. The summed E-state index contributed by atoms with van der Waals surface area (Å²) < 4.78 is 2.14. The minimum absolute atomic E-state index is 0.583. The molecule has 0 aliphatic heterocycles. The summed E-state index contributed by atoms with van der Waals surface area (Å²) in [6, 6.07) is 0.583. The van der Waals surface area contributed by atoms with Gasteiger partial charge < -0.3 is 14.8 Å². The maximum absolute atomic E-state index is 4.05. The summed E-state index contributed by atoms with van der Waals surface area (Å²) in [5.41, 5.74) is 0. The molecule has 0 amide bonds.